The van der Waals surface area contributed by atoms with E-state index in [2.05, 4.69) is 20.4 Å². The lowest BCUT2D eigenvalue weighted by atomic mass is 10.2. The molecule has 1 aliphatic rings. The zero-order valence-electron chi connectivity index (χ0n) is 14.4. The Morgan fingerprint density at radius 3 is 2.36 bits per heavy atom. The Morgan fingerprint density at radius 1 is 0.964 bits per heavy atom. The normalized spacial score (nSPS) is 13.7. The van der Waals surface area contributed by atoms with Gasteiger partial charge in [-0.15, -0.1) is 31.7 Å². The Labute approximate surface area is 170 Å². The molecule has 144 valence electrons. The van der Waals surface area contributed by atoms with E-state index >= 15 is 0 Å². The van der Waals surface area contributed by atoms with Gasteiger partial charge in [0.15, 0.2) is 16.0 Å². The van der Waals surface area contributed by atoms with Crippen LogP contribution in [0.2, 0.25) is 0 Å². The first kappa shape index (κ1) is 17.7. The Bertz CT molecular complexity index is 1270. The molecule has 0 unspecified atom stereocenters. The van der Waals surface area contributed by atoms with Gasteiger partial charge >= 0.3 is 0 Å². The first-order valence-electron chi connectivity index (χ1n) is 8.43. The van der Waals surface area contributed by atoms with Crippen LogP contribution in [0.15, 0.2) is 10.3 Å². The largest absolute Gasteiger partial charge is 0.369 e. The average Bonchev–Trinajstić information content (AvgIpc) is 3.38. The number of carbonyl (C=O) groups is 2. The van der Waals surface area contributed by atoms with Gasteiger partial charge in [0.1, 0.15) is 4.83 Å². The molecule has 1 aliphatic carbocycles. The highest BCUT2D eigenvalue weighted by molar-refractivity contribution is 8.00. The van der Waals surface area contributed by atoms with Crippen LogP contribution in [-0.4, -0.2) is 52.5 Å². The zero-order chi connectivity index (χ0) is 19.4. The molecular weight excluding hydrogens is 420 g/mol. The zero-order valence-corrected chi connectivity index (χ0v) is 16.9. The Kier molecular flexibility index (Phi) is 4.17. The highest BCUT2D eigenvalue weighted by atomic mass is 32.2. The van der Waals surface area contributed by atoms with Crippen LogP contribution in [0, 0.1) is 0 Å². The minimum absolute atomic E-state index is 0.0875. The molecule has 13 heteroatoms. The first-order chi connectivity index (χ1) is 13.5. The molecule has 0 spiro atoms. The summed E-state index contributed by atoms with van der Waals surface area (Å²) < 4.78 is 3.74. The summed E-state index contributed by atoms with van der Waals surface area (Å²) in [6.45, 7) is 0. The van der Waals surface area contributed by atoms with E-state index in [0.717, 1.165) is 29.5 Å². The van der Waals surface area contributed by atoms with E-state index in [1.165, 1.54) is 34.0 Å². The molecule has 10 nitrogen and oxygen atoms in total. The molecule has 0 aliphatic heterocycles. The number of carbonyl (C=O) groups excluding carboxylic acids is 2. The summed E-state index contributed by atoms with van der Waals surface area (Å²) in [5, 5.41) is 19.4. The number of nitrogens with two attached hydrogens (primary N) is 2. The van der Waals surface area contributed by atoms with Crippen molar-refractivity contribution < 1.29 is 9.59 Å². The number of rotatable bonds is 6. The van der Waals surface area contributed by atoms with Crippen LogP contribution < -0.4 is 11.5 Å². The Hall–Kier alpha value is -2.38. The monoisotopic (exact) mass is 434 g/mol. The molecule has 0 saturated heterocycles. The van der Waals surface area contributed by atoms with E-state index in [0.29, 0.717) is 21.7 Å². The number of hydrogen-bond acceptors (Lipinski definition) is 9. The van der Waals surface area contributed by atoms with Gasteiger partial charge < -0.3 is 11.5 Å². The summed E-state index contributed by atoms with van der Waals surface area (Å²) in [5.41, 5.74) is 12.6. The summed E-state index contributed by atoms with van der Waals surface area (Å²) in [5.74, 6) is -0.128. The van der Waals surface area contributed by atoms with Crippen molar-refractivity contribution in [2.24, 2.45) is 11.5 Å². The fraction of sp³-hybridized carbons (Fsp3) is 0.333. The van der Waals surface area contributed by atoms with Gasteiger partial charge in [0.05, 0.1) is 16.9 Å². The number of primary amides is 2. The average molecular weight is 435 g/mol. The van der Waals surface area contributed by atoms with Crippen LogP contribution in [0.1, 0.15) is 16.9 Å². The standard InChI is InChI=1S/C15H14N8O2S3/c16-8(24)4-26-14-20-18-11-10-6-2-1-3-7(6)28-12(10)23-13(22(11)14)19-21-15(23)27-5-9(17)25/h1-5H2,(H2,16,24)(H2,17,25). The predicted molar refractivity (Wildman–Crippen MR) is 107 cm³/mol. The molecule has 28 heavy (non-hydrogen) atoms. The highest BCUT2D eigenvalue weighted by Crippen LogP contribution is 2.41. The van der Waals surface area contributed by atoms with Gasteiger partial charge in [-0.2, -0.15) is 0 Å². The van der Waals surface area contributed by atoms with E-state index in [4.69, 9.17) is 11.5 Å². The molecule has 0 fully saturated rings. The van der Waals surface area contributed by atoms with E-state index < -0.39 is 11.8 Å². The first-order valence-corrected chi connectivity index (χ1v) is 11.2. The molecule has 4 aromatic rings. The molecule has 5 rings (SSSR count). The molecule has 0 aromatic carbocycles. The number of thiophene rings is 1. The van der Waals surface area contributed by atoms with Crippen molar-refractivity contribution in [3.63, 3.8) is 0 Å². The second-order valence-electron chi connectivity index (χ2n) is 6.31. The molecule has 4 aromatic heterocycles. The number of thioether (sulfide) groups is 2. The van der Waals surface area contributed by atoms with Gasteiger partial charge in [0, 0.05) is 4.88 Å². The predicted octanol–water partition coefficient (Wildman–Crippen LogP) is 0.630. The third-order valence-corrected chi connectivity index (χ3v) is 7.65. The minimum Gasteiger partial charge on any atom is -0.369 e. The lowest BCUT2D eigenvalue weighted by Gasteiger charge is -2.05. The van der Waals surface area contributed by atoms with Gasteiger partial charge in [0.25, 0.3) is 0 Å². The van der Waals surface area contributed by atoms with Crippen molar-refractivity contribution in [1.82, 2.24) is 29.2 Å². The maximum Gasteiger partial charge on any atom is 0.245 e. The molecule has 0 radical (unpaired) electrons. The maximum atomic E-state index is 11.3. The second kappa shape index (κ2) is 6.60. The number of fused-ring (bicyclic) bond motifs is 8. The van der Waals surface area contributed by atoms with Crippen molar-refractivity contribution in [2.75, 3.05) is 11.5 Å². The van der Waals surface area contributed by atoms with Crippen molar-refractivity contribution in [1.29, 1.82) is 0 Å². The maximum absolute atomic E-state index is 11.3. The van der Waals surface area contributed by atoms with Gasteiger partial charge in [0.2, 0.25) is 17.6 Å². The van der Waals surface area contributed by atoms with E-state index in [-0.39, 0.29) is 11.5 Å². The van der Waals surface area contributed by atoms with Crippen LogP contribution in [-0.2, 0) is 22.4 Å². The van der Waals surface area contributed by atoms with E-state index in [9.17, 15) is 9.59 Å². The fourth-order valence-corrected chi connectivity index (χ4v) is 6.21. The summed E-state index contributed by atoms with van der Waals surface area (Å²) in [4.78, 5) is 24.8. The molecular formula is C15H14N8O2S3. The molecule has 0 bridgehead atoms. The number of aryl methyl sites for hydroxylation is 2. The van der Waals surface area contributed by atoms with Crippen molar-refractivity contribution in [3.8, 4) is 0 Å². The van der Waals surface area contributed by atoms with Crippen molar-refractivity contribution in [2.45, 2.75) is 29.6 Å². The fourth-order valence-electron chi connectivity index (χ4n) is 3.43. The third-order valence-electron chi connectivity index (χ3n) is 4.47. The smallest absolute Gasteiger partial charge is 0.245 e. The third kappa shape index (κ3) is 2.64. The number of amides is 2. The lowest BCUT2D eigenvalue weighted by Crippen LogP contribution is -2.13. The van der Waals surface area contributed by atoms with E-state index in [1.807, 2.05) is 8.80 Å². The van der Waals surface area contributed by atoms with Crippen LogP contribution in [0.4, 0.5) is 0 Å². The lowest BCUT2D eigenvalue weighted by molar-refractivity contribution is -0.116. The topological polar surface area (TPSA) is 147 Å². The van der Waals surface area contributed by atoms with Crippen molar-refractivity contribution >= 4 is 68.3 Å². The Morgan fingerprint density at radius 2 is 1.64 bits per heavy atom. The summed E-state index contributed by atoms with van der Waals surface area (Å²) in [7, 11) is 0. The minimum atomic E-state index is -0.436. The van der Waals surface area contributed by atoms with Gasteiger partial charge in [-0.1, -0.05) is 23.5 Å². The molecule has 4 heterocycles. The summed E-state index contributed by atoms with van der Waals surface area (Å²) in [6.07, 6.45) is 3.13. The molecule has 0 saturated carbocycles. The van der Waals surface area contributed by atoms with Crippen LogP contribution in [0.25, 0.3) is 21.6 Å². The summed E-state index contributed by atoms with van der Waals surface area (Å²) in [6, 6.07) is 0. The van der Waals surface area contributed by atoms with Gasteiger partial charge in [-0.3, -0.25) is 9.59 Å². The van der Waals surface area contributed by atoms with Crippen LogP contribution >= 0.6 is 34.9 Å². The van der Waals surface area contributed by atoms with Crippen molar-refractivity contribution in [3.05, 3.63) is 10.4 Å². The number of nitrogens with zero attached hydrogens (tertiary/aromatic N) is 6. The Balaban J connectivity index is 1.82. The van der Waals surface area contributed by atoms with Gasteiger partial charge in [-0.25, -0.2) is 8.80 Å². The number of hydrogen-bond donors (Lipinski definition) is 2. The number of aromatic nitrogens is 6. The summed E-state index contributed by atoms with van der Waals surface area (Å²) >= 11 is 4.15. The quantitative estimate of drug-likeness (QED) is 0.420. The molecule has 4 N–H and O–H groups in total. The SMILES string of the molecule is NC(=O)CSc1nnc2c3c4c(sc3n3c(SCC(N)=O)nnc3n12)CCC4. The van der Waals surface area contributed by atoms with Crippen LogP contribution in [0.5, 0.6) is 0 Å². The van der Waals surface area contributed by atoms with Gasteiger partial charge in [-0.05, 0) is 24.8 Å². The van der Waals surface area contributed by atoms with E-state index in [1.54, 1.807) is 11.3 Å². The second-order valence-corrected chi connectivity index (χ2v) is 9.28. The molecule has 0 atom stereocenters. The molecule has 2 amide bonds. The highest BCUT2D eigenvalue weighted by Gasteiger charge is 2.27. The van der Waals surface area contributed by atoms with Crippen LogP contribution in [0.3, 0.4) is 0 Å².